The van der Waals surface area contributed by atoms with E-state index in [1.54, 1.807) is 0 Å². The third-order valence-electron chi connectivity index (χ3n) is 2.78. The Kier molecular flexibility index (Phi) is 2.97. The highest BCUT2D eigenvalue weighted by Gasteiger charge is 2.27. The van der Waals surface area contributed by atoms with Gasteiger partial charge >= 0.3 is 0 Å². The zero-order valence-electron chi connectivity index (χ0n) is 9.02. The van der Waals surface area contributed by atoms with Crippen LogP contribution < -0.4 is 0 Å². The first kappa shape index (κ1) is 11.2. The first-order chi connectivity index (χ1) is 7.75. The van der Waals surface area contributed by atoms with E-state index < -0.39 is 0 Å². The number of hydrogen-bond acceptors (Lipinski definition) is 2. The fraction of sp³-hybridized carbons (Fsp3) is 0.333. The summed E-state index contributed by atoms with van der Waals surface area (Å²) >= 11 is 3.63. The smallest absolute Gasteiger partial charge is 0.0926 e. The van der Waals surface area contributed by atoms with Crippen LogP contribution in [0.1, 0.15) is 24.3 Å². The monoisotopic (exact) mass is 277 g/mol. The van der Waals surface area contributed by atoms with Crippen LogP contribution in [-0.2, 0) is 7.05 Å². The van der Waals surface area contributed by atoms with Gasteiger partial charge in [-0.25, -0.2) is 5.26 Å². The second kappa shape index (κ2) is 4.26. The lowest BCUT2D eigenvalue weighted by Crippen LogP contribution is -1.84. The second-order valence-electron chi connectivity index (χ2n) is 3.97. The molecule has 0 aliphatic heterocycles. The lowest BCUT2D eigenvalue weighted by Gasteiger charge is -2.02. The summed E-state index contributed by atoms with van der Waals surface area (Å²) in [5, 5.41) is 12.2. The normalized spacial score (nSPS) is 14.5. The van der Waals surface area contributed by atoms with Crippen molar-refractivity contribution < 1.29 is 0 Å². The van der Waals surface area contributed by atoms with E-state index in [1.165, 1.54) is 28.3 Å². The Bertz CT molecular complexity index is 538. The summed E-state index contributed by atoms with van der Waals surface area (Å²) in [4.78, 5) is 0. The molecule has 0 bridgehead atoms. The maximum absolute atomic E-state index is 6.50. The van der Waals surface area contributed by atoms with Crippen LogP contribution in [0.3, 0.4) is 0 Å². The quantitative estimate of drug-likeness (QED) is 0.802. The van der Waals surface area contributed by atoms with Crippen molar-refractivity contribution in [3.05, 3.63) is 28.4 Å². The number of halogens is 1. The van der Waals surface area contributed by atoms with Crippen LogP contribution in [0.2, 0.25) is 0 Å². The molecule has 16 heavy (non-hydrogen) atoms. The molecule has 0 atom stereocenters. The van der Waals surface area contributed by atoms with E-state index in [1.807, 2.05) is 11.7 Å². The maximum Gasteiger partial charge on any atom is 0.0926 e. The lowest BCUT2D eigenvalue weighted by molar-refractivity contribution is 0.779. The van der Waals surface area contributed by atoms with Crippen molar-refractivity contribution in [1.29, 1.82) is 5.26 Å². The molecule has 0 saturated heterocycles. The van der Waals surface area contributed by atoms with Gasteiger partial charge in [-0.3, -0.25) is 4.68 Å². The van der Waals surface area contributed by atoms with Crippen LogP contribution in [0.4, 0.5) is 0 Å². The van der Waals surface area contributed by atoms with Crippen LogP contribution >= 0.6 is 15.9 Å². The average Bonchev–Trinajstić information content (AvgIpc) is 3.03. The van der Waals surface area contributed by atoms with E-state index in [2.05, 4.69) is 45.9 Å². The molecule has 1 saturated carbocycles. The van der Waals surface area contributed by atoms with E-state index >= 15 is 0 Å². The first-order valence-corrected chi connectivity index (χ1v) is 5.92. The van der Waals surface area contributed by atoms with Gasteiger partial charge in [0.15, 0.2) is 0 Å². The maximum atomic E-state index is 6.50. The summed E-state index contributed by atoms with van der Waals surface area (Å²) in [6.45, 7) is 3.50. The van der Waals surface area contributed by atoms with Gasteiger partial charge in [0.05, 0.1) is 5.52 Å². The van der Waals surface area contributed by atoms with Gasteiger partial charge in [-0.2, -0.15) is 5.10 Å². The zero-order valence-corrected chi connectivity index (χ0v) is 10.6. The molecule has 0 amide bonds. The topological polar surface area (TPSA) is 41.6 Å². The van der Waals surface area contributed by atoms with Gasteiger partial charge in [-0.1, -0.05) is 15.9 Å². The summed E-state index contributed by atoms with van der Waals surface area (Å²) in [6, 6.07) is 4.19. The molecule has 3 rings (SSSR count). The highest BCUT2D eigenvalue weighted by Crippen LogP contribution is 2.46. The number of nitriles is 1. The van der Waals surface area contributed by atoms with Gasteiger partial charge in [0.25, 0.3) is 0 Å². The Morgan fingerprint density at radius 3 is 2.75 bits per heavy atom. The number of hydrogen-bond donors (Lipinski definition) is 0. The minimum Gasteiger partial charge on any atom is -0.275 e. The lowest BCUT2D eigenvalue weighted by atomic mass is 10.1. The van der Waals surface area contributed by atoms with Gasteiger partial charge in [0, 0.05) is 29.7 Å². The van der Waals surface area contributed by atoms with Crippen molar-refractivity contribution in [3.8, 4) is 6.57 Å². The minimum atomic E-state index is 0.761. The Labute approximate surface area is 103 Å². The third-order valence-corrected chi connectivity index (χ3v) is 3.47. The molecular weight excluding hydrogens is 266 g/mol. The number of rotatable bonds is 1. The first-order valence-electron chi connectivity index (χ1n) is 5.13. The predicted molar refractivity (Wildman–Crippen MR) is 67.1 cm³/mol. The van der Waals surface area contributed by atoms with E-state index in [9.17, 15) is 0 Å². The van der Waals surface area contributed by atoms with E-state index in [0.717, 1.165) is 11.4 Å². The standard InChI is InChI=1S/C11H11BrN2.CHN/c1-14-6-8-10(13-14)5-4-9(12)11(8)7-2-3-7;1-2/h4-7H,2-3H2,1H3;1H. The van der Waals surface area contributed by atoms with Crippen LogP contribution in [0, 0.1) is 11.8 Å². The summed E-state index contributed by atoms with van der Waals surface area (Å²) in [5.74, 6) is 0.761. The molecule has 0 N–H and O–H groups in total. The Morgan fingerprint density at radius 2 is 2.12 bits per heavy atom. The zero-order chi connectivity index (χ0) is 11.7. The third kappa shape index (κ3) is 1.83. The highest BCUT2D eigenvalue weighted by atomic mass is 79.9. The molecule has 1 aromatic heterocycles. The summed E-state index contributed by atoms with van der Waals surface area (Å²) < 4.78 is 3.13. The number of benzene rings is 1. The van der Waals surface area contributed by atoms with E-state index in [0.29, 0.717) is 0 Å². The van der Waals surface area contributed by atoms with Crippen molar-refractivity contribution >= 4 is 26.8 Å². The molecule has 0 unspecified atom stereocenters. The van der Waals surface area contributed by atoms with Gasteiger partial charge in [-0.15, -0.1) is 0 Å². The molecule has 1 aromatic carbocycles. The second-order valence-corrected chi connectivity index (χ2v) is 4.83. The Morgan fingerprint density at radius 1 is 1.44 bits per heavy atom. The predicted octanol–water partition coefficient (Wildman–Crippen LogP) is 3.35. The summed E-state index contributed by atoms with van der Waals surface area (Å²) in [6.07, 6.45) is 4.77. The molecule has 1 heterocycles. The fourth-order valence-corrected chi connectivity index (χ4v) is 2.66. The van der Waals surface area contributed by atoms with Gasteiger partial charge in [0.1, 0.15) is 0 Å². The Balaban J connectivity index is 0.000000457. The molecule has 1 aliphatic rings. The minimum absolute atomic E-state index is 0.761. The van der Waals surface area contributed by atoms with Gasteiger partial charge in [0.2, 0.25) is 0 Å². The summed E-state index contributed by atoms with van der Waals surface area (Å²) in [5.41, 5.74) is 2.56. The van der Waals surface area contributed by atoms with Crippen LogP contribution in [0.15, 0.2) is 22.8 Å². The highest BCUT2D eigenvalue weighted by molar-refractivity contribution is 9.10. The SMILES string of the molecule is C#N.Cn1cc2c(C3CC3)c(Br)ccc2n1. The molecule has 0 spiro atoms. The summed E-state index contributed by atoms with van der Waals surface area (Å²) in [7, 11) is 1.98. The molecule has 0 radical (unpaired) electrons. The molecule has 2 aromatic rings. The average molecular weight is 278 g/mol. The molecule has 82 valence electrons. The number of nitrogens with zero attached hydrogens (tertiary/aromatic N) is 3. The molecule has 1 aliphatic carbocycles. The fourth-order valence-electron chi connectivity index (χ4n) is 1.99. The number of aryl methyl sites for hydroxylation is 1. The number of aromatic nitrogens is 2. The van der Waals surface area contributed by atoms with Crippen molar-refractivity contribution in [2.24, 2.45) is 7.05 Å². The van der Waals surface area contributed by atoms with Crippen molar-refractivity contribution in [2.75, 3.05) is 0 Å². The van der Waals surface area contributed by atoms with Crippen molar-refractivity contribution in [3.63, 3.8) is 0 Å². The van der Waals surface area contributed by atoms with Crippen LogP contribution in [0.5, 0.6) is 0 Å². The van der Waals surface area contributed by atoms with Crippen molar-refractivity contribution in [1.82, 2.24) is 9.78 Å². The molecule has 1 fully saturated rings. The van der Waals surface area contributed by atoms with Gasteiger partial charge < -0.3 is 0 Å². The molecule has 3 nitrogen and oxygen atoms in total. The molecular formula is C12H12BrN3. The van der Waals surface area contributed by atoms with Crippen molar-refractivity contribution in [2.45, 2.75) is 18.8 Å². The number of fused-ring (bicyclic) bond motifs is 1. The van der Waals surface area contributed by atoms with E-state index in [-0.39, 0.29) is 0 Å². The van der Waals surface area contributed by atoms with Gasteiger partial charge in [-0.05, 0) is 36.5 Å². The Hall–Kier alpha value is -1.34. The molecule has 4 heteroatoms. The largest absolute Gasteiger partial charge is 0.275 e. The van der Waals surface area contributed by atoms with Crippen LogP contribution in [0.25, 0.3) is 10.9 Å². The van der Waals surface area contributed by atoms with E-state index in [4.69, 9.17) is 5.26 Å². The van der Waals surface area contributed by atoms with Crippen LogP contribution in [-0.4, -0.2) is 9.78 Å².